The molecule has 1 unspecified atom stereocenters. The van der Waals surface area contributed by atoms with Crippen LogP contribution < -0.4 is 14.9 Å². The van der Waals surface area contributed by atoms with E-state index in [2.05, 4.69) is 0 Å². The second-order valence-corrected chi connectivity index (χ2v) is 9.08. The maximum Gasteiger partial charge on any atom is 0.290 e. The molecule has 0 saturated carbocycles. The molecular weight excluding hydrogens is 456 g/mol. The third-order valence-electron chi connectivity index (χ3n) is 6.41. The van der Waals surface area contributed by atoms with Gasteiger partial charge in [0.15, 0.2) is 5.43 Å². The van der Waals surface area contributed by atoms with E-state index in [1.54, 1.807) is 30.2 Å². The first kappa shape index (κ1) is 23.6. The van der Waals surface area contributed by atoms with Gasteiger partial charge < -0.3 is 23.7 Å². The monoisotopic (exact) mass is 484 g/mol. The number of carbonyl (C=O) groups is 1. The summed E-state index contributed by atoms with van der Waals surface area (Å²) < 4.78 is 17.2. The zero-order chi connectivity index (χ0) is 25.2. The predicted molar refractivity (Wildman–Crippen MR) is 138 cm³/mol. The second kappa shape index (κ2) is 9.87. The van der Waals surface area contributed by atoms with Gasteiger partial charge in [-0.2, -0.15) is 0 Å². The van der Waals surface area contributed by atoms with Crippen LogP contribution in [0.4, 0.5) is 0 Å². The van der Waals surface area contributed by atoms with Gasteiger partial charge in [0.25, 0.3) is 5.91 Å². The molecule has 0 spiro atoms. The van der Waals surface area contributed by atoms with E-state index >= 15 is 0 Å². The van der Waals surface area contributed by atoms with Gasteiger partial charge in [0.05, 0.1) is 24.1 Å². The standard InChI is InChI=1S/C29H28N2O5/c1-30(2)15-16-31-26(20-9-11-21(12-10-20)35-18-19-7-5-4-6-8-19)25-27(32)23-14-13-22(34-3)17-24(23)36-28(25)29(31)33/h4-14,17,26H,15-16,18H2,1-3H3. The smallest absolute Gasteiger partial charge is 0.290 e. The van der Waals surface area contributed by atoms with Crippen molar-refractivity contribution in [1.82, 2.24) is 9.80 Å². The number of hydrogen-bond acceptors (Lipinski definition) is 6. The molecule has 184 valence electrons. The Kier molecular flexibility index (Phi) is 6.48. The van der Waals surface area contributed by atoms with Crippen molar-refractivity contribution in [2.75, 3.05) is 34.3 Å². The first-order valence-electron chi connectivity index (χ1n) is 11.8. The highest BCUT2D eigenvalue weighted by atomic mass is 16.5. The van der Waals surface area contributed by atoms with Crippen LogP contribution in [0.5, 0.6) is 11.5 Å². The van der Waals surface area contributed by atoms with E-state index in [0.717, 1.165) is 11.1 Å². The SMILES string of the molecule is COc1ccc2c(=O)c3c(oc2c1)C(=O)N(CCN(C)C)C3c1ccc(OCc2ccccc2)cc1. The van der Waals surface area contributed by atoms with Gasteiger partial charge in [-0.25, -0.2) is 0 Å². The molecule has 1 amide bonds. The number of benzene rings is 3. The fourth-order valence-electron chi connectivity index (χ4n) is 4.50. The van der Waals surface area contributed by atoms with Crippen LogP contribution in [0.3, 0.4) is 0 Å². The molecule has 0 radical (unpaired) electrons. The van der Waals surface area contributed by atoms with Crippen molar-refractivity contribution in [1.29, 1.82) is 0 Å². The lowest BCUT2D eigenvalue weighted by Gasteiger charge is -2.26. The molecule has 2 heterocycles. The number of rotatable bonds is 8. The summed E-state index contributed by atoms with van der Waals surface area (Å²) in [5.74, 6) is 1.07. The second-order valence-electron chi connectivity index (χ2n) is 9.08. The molecule has 4 aromatic rings. The minimum absolute atomic E-state index is 0.0916. The van der Waals surface area contributed by atoms with Crippen molar-refractivity contribution < 1.29 is 18.7 Å². The van der Waals surface area contributed by atoms with Gasteiger partial charge in [0.1, 0.15) is 23.7 Å². The van der Waals surface area contributed by atoms with Crippen molar-refractivity contribution in [2.24, 2.45) is 0 Å². The molecule has 36 heavy (non-hydrogen) atoms. The van der Waals surface area contributed by atoms with Gasteiger partial charge in [-0.15, -0.1) is 0 Å². The molecule has 0 aliphatic carbocycles. The number of fused-ring (bicyclic) bond motifs is 2. The van der Waals surface area contributed by atoms with E-state index < -0.39 is 6.04 Å². The molecule has 3 aromatic carbocycles. The molecule has 5 rings (SSSR count). The van der Waals surface area contributed by atoms with Crippen LogP contribution in [0.15, 0.2) is 82.0 Å². The minimum atomic E-state index is -0.543. The first-order valence-corrected chi connectivity index (χ1v) is 11.8. The average Bonchev–Trinajstić information content (AvgIpc) is 3.18. The van der Waals surface area contributed by atoms with E-state index in [-0.39, 0.29) is 17.1 Å². The molecular formula is C29H28N2O5. The third kappa shape index (κ3) is 4.45. The van der Waals surface area contributed by atoms with Gasteiger partial charge in [-0.1, -0.05) is 42.5 Å². The maximum atomic E-state index is 13.6. The van der Waals surface area contributed by atoms with Gasteiger partial charge in [0, 0.05) is 19.2 Å². The molecule has 0 fully saturated rings. The van der Waals surface area contributed by atoms with E-state index in [0.29, 0.717) is 47.7 Å². The first-order chi connectivity index (χ1) is 17.5. The fraction of sp³-hybridized carbons (Fsp3) is 0.241. The van der Waals surface area contributed by atoms with Gasteiger partial charge in [0.2, 0.25) is 5.76 Å². The number of methoxy groups -OCH3 is 1. The van der Waals surface area contributed by atoms with Crippen LogP contribution in [-0.4, -0.2) is 50.0 Å². The highest BCUT2D eigenvalue weighted by Crippen LogP contribution is 2.38. The van der Waals surface area contributed by atoms with E-state index in [1.165, 1.54) is 0 Å². The Balaban J connectivity index is 1.52. The molecule has 0 saturated heterocycles. The van der Waals surface area contributed by atoms with Gasteiger partial charge >= 0.3 is 0 Å². The number of likely N-dealkylation sites (N-methyl/N-ethyl adjacent to an activating group) is 1. The highest BCUT2D eigenvalue weighted by Gasteiger charge is 2.42. The zero-order valence-corrected chi connectivity index (χ0v) is 20.6. The van der Waals surface area contributed by atoms with Crippen molar-refractivity contribution in [2.45, 2.75) is 12.6 Å². The van der Waals surface area contributed by atoms with Crippen LogP contribution in [0, 0.1) is 0 Å². The number of ether oxygens (including phenoxy) is 2. The van der Waals surface area contributed by atoms with Crippen LogP contribution >= 0.6 is 0 Å². The summed E-state index contributed by atoms with van der Waals surface area (Å²) in [7, 11) is 5.45. The quantitative estimate of drug-likeness (QED) is 0.367. The molecule has 0 bridgehead atoms. The Hall–Kier alpha value is -4.10. The van der Waals surface area contributed by atoms with Crippen LogP contribution in [-0.2, 0) is 6.61 Å². The number of amides is 1. The van der Waals surface area contributed by atoms with E-state index in [1.807, 2.05) is 73.6 Å². The number of nitrogens with zero attached hydrogens (tertiary/aromatic N) is 2. The fourth-order valence-corrected chi connectivity index (χ4v) is 4.50. The summed E-state index contributed by atoms with van der Waals surface area (Å²) in [5, 5.41) is 0.421. The molecule has 1 atom stereocenters. The van der Waals surface area contributed by atoms with Crippen molar-refractivity contribution >= 4 is 16.9 Å². The van der Waals surface area contributed by atoms with Gasteiger partial charge in [-0.05, 0) is 49.5 Å². The molecule has 7 heteroatoms. The average molecular weight is 485 g/mol. The molecule has 0 N–H and O–H groups in total. The van der Waals surface area contributed by atoms with Crippen molar-refractivity contribution in [3.05, 3.63) is 105 Å². The maximum absolute atomic E-state index is 13.6. The van der Waals surface area contributed by atoms with Crippen LogP contribution in [0.1, 0.15) is 33.3 Å². The minimum Gasteiger partial charge on any atom is -0.497 e. The largest absolute Gasteiger partial charge is 0.497 e. The summed E-state index contributed by atoms with van der Waals surface area (Å²) in [5.41, 5.74) is 2.41. The lowest BCUT2D eigenvalue weighted by molar-refractivity contribution is 0.0716. The molecule has 1 aromatic heterocycles. The Labute approximate surface area is 209 Å². The molecule has 1 aliphatic heterocycles. The van der Waals surface area contributed by atoms with Crippen molar-refractivity contribution in [3.63, 3.8) is 0 Å². The van der Waals surface area contributed by atoms with E-state index in [9.17, 15) is 9.59 Å². The Bertz CT molecular complexity index is 1440. The highest BCUT2D eigenvalue weighted by molar-refractivity contribution is 5.99. The predicted octanol–water partition coefficient (Wildman–Crippen LogP) is 4.49. The number of carbonyl (C=O) groups excluding carboxylic acids is 1. The third-order valence-corrected chi connectivity index (χ3v) is 6.41. The van der Waals surface area contributed by atoms with Gasteiger partial charge in [-0.3, -0.25) is 9.59 Å². The topological polar surface area (TPSA) is 72.2 Å². The molecule has 1 aliphatic rings. The van der Waals surface area contributed by atoms with Crippen LogP contribution in [0.25, 0.3) is 11.0 Å². The number of hydrogen-bond donors (Lipinski definition) is 0. The normalized spacial score (nSPS) is 14.9. The van der Waals surface area contributed by atoms with Crippen LogP contribution in [0.2, 0.25) is 0 Å². The summed E-state index contributed by atoms with van der Waals surface area (Å²) in [6, 6.07) is 22.0. The lowest BCUT2D eigenvalue weighted by atomic mass is 9.98. The van der Waals surface area contributed by atoms with E-state index in [4.69, 9.17) is 13.9 Å². The Morgan fingerprint density at radius 1 is 0.944 bits per heavy atom. The summed E-state index contributed by atoms with van der Waals surface area (Å²) in [4.78, 5) is 30.9. The summed E-state index contributed by atoms with van der Waals surface area (Å²) >= 11 is 0. The summed E-state index contributed by atoms with van der Waals surface area (Å²) in [6.45, 7) is 1.56. The van der Waals surface area contributed by atoms with Crippen molar-refractivity contribution in [3.8, 4) is 11.5 Å². The summed E-state index contributed by atoms with van der Waals surface area (Å²) in [6.07, 6.45) is 0. The molecule has 7 nitrogen and oxygen atoms in total. The zero-order valence-electron chi connectivity index (χ0n) is 20.6. The lowest BCUT2D eigenvalue weighted by Crippen LogP contribution is -2.35. The Morgan fingerprint density at radius 3 is 2.36 bits per heavy atom. The Morgan fingerprint density at radius 2 is 1.67 bits per heavy atom.